The maximum atomic E-state index is 12.6. The highest BCUT2D eigenvalue weighted by atomic mass is 19.3. The van der Waals surface area contributed by atoms with Crippen LogP contribution in [0.25, 0.3) is 0 Å². The zero-order valence-electron chi connectivity index (χ0n) is 9.66. The zero-order valence-corrected chi connectivity index (χ0v) is 9.66. The Bertz CT molecular complexity index is 586. The van der Waals surface area contributed by atoms with Crippen molar-refractivity contribution < 1.29 is 13.7 Å². The third-order valence-corrected chi connectivity index (χ3v) is 2.50. The first-order valence-electron chi connectivity index (χ1n) is 5.36. The summed E-state index contributed by atoms with van der Waals surface area (Å²) in [6, 6.07) is 5.99. The molecule has 1 heterocycles. The quantitative estimate of drug-likeness (QED) is 0.668. The average molecular weight is 268 g/mol. The van der Waals surface area contributed by atoms with Gasteiger partial charge in [-0.05, 0) is 6.07 Å². The van der Waals surface area contributed by atoms with E-state index < -0.39 is 11.5 Å². The number of anilines is 1. The van der Waals surface area contributed by atoms with Gasteiger partial charge >= 0.3 is 6.55 Å². The molecule has 0 saturated carbocycles. The lowest BCUT2D eigenvalue weighted by molar-refractivity contribution is -0.384. The number of imidazole rings is 1. The van der Waals surface area contributed by atoms with Crippen LogP contribution in [-0.4, -0.2) is 14.5 Å². The molecule has 0 fully saturated rings. The number of alkyl halides is 2. The topological polar surface area (TPSA) is 73.0 Å². The van der Waals surface area contributed by atoms with E-state index in [-0.39, 0.29) is 23.7 Å². The van der Waals surface area contributed by atoms with Gasteiger partial charge in [0, 0.05) is 18.5 Å². The summed E-state index contributed by atoms with van der Waals surface area (Å²) < 4.78 is 25.9. The summed E-state index contributed by atoms with van der Waals surface area (Å²) in [4.78, 5) is 14.0. The number of nitrogens with zero attached hydrogens (tertiary/aromatic N) is 3. The van der Waals surface area contributed by atoms with Crippen LogP contribution in [0.1, 0.15) is 12.4 Å². The summed E-state index contributed by atoms with van der Waals surface area (Å²) in [6.45, 7) is -2.72. The Morgan fingerprint density at radius 2 is 2.16 bits per heavy atom. The van der Waals surface area contributed by atoms with Crippen LogP contribution >= 0.6 is 0 Å². The number of benzene rings is 1. The third kappa shape index (κ3) is 2.84. The first kappa shape index (κ1) is 12.9. The predicted molar refractivity (Wildman–Crippen MR) is 63.9 cm³/mol. The minimum Gasteiger partial charge on any atom is -0.372 e. The van der Waals surface area contributed by atoms with E-state index in [1.807, 2.05) is 0 Å². The molecule has 100 valence electrons. The molecule has 0 spiro atoms. The predicted octanol–water partition coefficient (Wildman–Crippen LogP) is 2.80. The molecule has 0 amide bonds. The Hall–Kier alpha value is -2.51. The Balaban J connectivity index is 2.15. The lowest BCUT2D eigenvalue weighted by Crippen LogP contribution is -2.09. The number of nitro groups is 1. The zero-order chi connectivity index (χ0) is 13.8. The Kier molecular flexibility index (Phi) is 3.69. The second-order valence-electron chi connectivity index (χ2n) is 3.66. The number of nitrogens with one attached hydrogen (secondary N) is 1. The fourth-order valence-corrected chi connectivity index (χ4v) is 1.62. The molecule has 8 heteroatoms. The first-order chi connectivity index (χ1) is 9.09. The van der Waals surface area contributed by atoms with E-state index in [9.17, 15) is 18.9 Å². The van der Waals surface area contributed by atoms with Gasteiger partial charge in [-0.25, -0.2) is 4.98 Å². The SMILES string of the molecule is O=[N+]([O-])c1ccccc1NCc1nccn1C(F)F. The summed E-state index contributed by atoms with van der Waals surface area (Å²) in [5.74, 6) is 0.105. The molecular weight excluding hydrogens is 258 g/mol. The van der Waals surface area contributed by atoms with E-state index in [2.05, 4.69) is 10.3 Å². The van der Waals surface area contributed by atoms with Crippen molar-refractivity contribution in [2.45, 2.75) is 13.1 Å². The molecule has 2 aromatic rings. The summed E-state index contributed by atoms with van der Waals surface area (Å²) in [5, 5.41) is 13.5. The van der Waals surface area contributed by atoms with Crippen molar-refractivity contribution in [2.75, 3.05) is 5.32 Å². The van der Waals surface area contributed by atoms with Gasteiger partial charge in [0.1, 0.15) is 11.5 Å². The van der Waals surface area contributed by atoms with E-state index in [1.54, 1.807) is 6.07 Å². The number of hydrogen-bond donors (Lipinski definition) is 1. The molecule has 2 rings (SSSR count). The average Bonchev–Trinajstić information content (AvgIpc) is 2.85. The number of rotatable bonds is 5. The standard InChI is InChI=1S/C11H10F2N4O2/c12-11(13)16-6-5-14-10(16)7-15-8-3-1-2-4-9(8)17(18)19/h1-6,11,15H,7H2. The minimum absolute atomic E-state index is 0.0256. The molecule has 0 aliphatic carbocycles. The molecule has 1 aromatic carbocycles. The van der Waals surface area contributed by atoms with Crippen LogP contribution in [0.15, 0.2) is 36.7 Å². The molecule has 0 atom stereocenters. The number of nitro benzene ring substituents is 1. The summed E-state index contributed by atoms with van der Waals surface area (Å²) in [6.07, 6.45) is 2.41. The fourth-order valence-electron chi connectivity index (χ4n) is 1.62. The van der Waals surface area contributed by atoms with Gasteiger partial charge in [0.15, 0.2) is 0 Å². The van der Waals surface area contributed by atoms with E-state index in [4.69, 9.17) is 0 Å². The fraction of sp³-hybridized carbons (Fsp3) is 0.182. The van der Waals surface area contributed by atoms with Crippen molar-refractivity contribution in [1.82, 2.24) is 9.55 Å². The number of halogens is 2. The van der Waals surface area contributed by atoms with E-state index in [1.165, 1.54) is 24.4 Å². The smallest absolute Gasteiger partial charge is 0.319 e. The Morgan fingerprint density at radius 1 is 1.42 bits per heavy atom. The molecule has 0 saturated heterocycles. The molecule has 0 aliphatic rings. The van der Waals surface area contributed by atoms with Crippen LogP contribution in [0.3, 0.4) is 0 Å². The molecule has 0 bridgehead atoms. The lowest BCUT2D eigenvalue weighted by Gasteiger charge is -2.08. The minimum atomic E-state index is -2.69. The van der Waals surface area contributed by atoms with Gasteiger partial charge in [-0.3, -0.25) is 14.7 Å². The van der Waals surface area contributed by atoms with Gasteiger partial charge in [-0.1, -0.05) is 12.1 Å². The normalized spacial score (nSPS) is 10.7. The van der Waals surface area contributed by atoms with Crippen LogP contribution < -0.4 is 5.32 Å². The number of para-hydroxylation sites is 2. The van der Waals surface area contributed by atoms with Crippen LogP contribution in [0.2, 0.25) is 0 Å². The maximum absolute atomic E-state index is 12.6. The van der Waals surface area contributed by atoms with Crippen LogP contribution in [0.4, 0.5) is 20.2 Å². The Morgan fingerprint density at radius 3 is 2.84 bits per heavy atom. The molecule has 6 nitrogen and oxygen atoms in total. The number of hydrogen-bond acceptors (Lipinski definition) is 4. The van der Waals surface area contributed by atoms with Gasteiger partial charge < -0.3 is 5.32 Å². The molecular formula is C11H10F2N4O2. The molecule has 0 unspecified atom stereocenters. The van der Waals surface area contributed by atoms with E-state index in [0.29, 0.717) is 4.57 Å². The molecule has 0 radical (unpaired) electrons. The Labute approximate surface area is 106 Å². The second kappa shape index (κ2) is 5.42. The highest BCUT2D eigenvalue weighted by Gasteiger charge is 2.14. The highest BCUT2D eigenvalue weighted by Crippen LogP contribution is 2.24. The third-order valence-electron chi connectivity index (χ3n) is 2.50. The maximum Gasteiger partial charge on any atom is 0.319 e. The van der Waals surface area contributed by atoms with Crippen molar-refractivity contribution >= 4 is 11.4 Å². The van der Waals surface area contributed by atoms with Crippen LogP contribution in [-0.2, 0) is 6.54 Å². The molecule has 1 aromatic heterocycles. The van der Waals surface area contributed by atoms with Gasteiger partial charge in [0.2, 0.25) is 0 Å². The van der Waals surface area contributed by atoms with Crippen molar-refractivity contribution in [3.63, 3.8) is 0 Å². The van der Waals surface area contributed by atoms with Gasteiger partial charge in [-0.2, -0.15) is 8.78 Å². The van der Waals surface area contributed by atoms with Crippen molar-refractivity contribution in [3.05, 3.63) is 52.6 Å². The first-order valence-corrected chi connectivity index (χ1v) is 5.36. The van der Waals surface area contributed by atoms with Crippen LogP contribution in [0.5, 0.6) is 0 Å². The van der Waals surface area contributed by atoms with Gasteiger partial charge in [0.05, 0.1) is 11.5 Å². The van der Waals surface area contributed by atoms with E-state index >= 15 is 0 Å². The van der Waals surface area contributed by atoms with Crippen molar-refractivity contribution in [1.29, 1.82) is 0 Å². The molecule has 0 aliphatic heterocycles. The van der Waals surface area contributed by atoms with Crippen LogP contribution in [0, 0.1) is 10.1 Å². The summed E-state index contributed by atoms with van der Waals surface area (Å²) in [7, 11) is 0. The monoisotopic (exact) mass is 268 g/mol. The summed E-state index contributed by atoms with van der Waals surface area (Å²) >= 11 is 0. The van der Waals surface area contributed by atoms with Crippen molar-refractivity contribution in [3.8, 4) is 0 Å². The molecule has 19 heavy (non-hydrogen) atoms. The molecule has 1 N–H and O–H groups in total. The van der Waals surface area contributed by atoms with E-state index in [0.717, 1.165) is 6.20 Å². The van der Waals surface area contributed by atoms with Gasteiger partial charge in [-0.15, -0.1) is 0 Å². The van der Waals surface area contributed by atoms with Gasteiger partial charge in [0.25, 0.3) is 5.69 Å². The number of aromatic nitrogens is 2. The largest absolute Gasteiger partial charge is 0.372 e. The van der Waals surface area contributed by atoms with Crippen molar-refractivity contribution in [2.24, 2.45) is 0 Å². The summed E-state index contributed by atoms with van der Waals surface area (Å²) in [5.41, 5.74) is 0.147. The lowest BCUT2D eigenvalue weighted by atomic mass is 10.2. The highest BCUT2D eigenvalue weighted by molar-refractivity contribution is 5.60. The second-order valence-corrected chi connectivity index (χ2v) is 3.66.